The van der Waals surface area contributed by atoms with E-state index in [9.17, 15) is 5.11 Å². The molecule has 4 heteroatoms. The van der Waals surface area contributed by atoms with Crippen molar-refractivity contribution in [2.75, 3.05) is 13.2 Å². The average molecular weight is 266 g/mol. The molecule has 0 radical (unpaired) electrons. The lowest BCUT2D eigenvalue weighted by molar-refractivity contribution is -0.0479. The van der Waals surface area contributed by atoms with Crippen molar-refractivity contribution in [1.82, 2.24) is 10.3 Å². The second-order valence-corrected chi connectivity index (χ2v) is 5.67. The van der Waals surface area contributed by atoms with Gasteiger partial charge < -0.3 is 15.2 Å². The topological polar surface area (TPSA) is 54.4 Å². The first-order valence-electron chi connectivity index (χ1n) is 6.88. The number of aliphatic hydroxyl groups excluding tert-OH is 1. The molecule has 1 aromatic rings. The first-order chi connectivity index (χ1) is 8.92. The Bertz CT molecular complexity index is 375. The van der Waals surface area contributed by atoms with Crippen LogP contribution in [0.4, 0.5) is 0 Å². The molecule has 1 aromatic heterocycles. The summed E-state index contributed by atoms with van der Waals surface area (Å²) in [6.07, 6.45) is 2.28. The van der Waals surface area contributed by atoms with Gasteiger partial charge in [0.2, 0.25) is 0 Å². The summed E-state index contributed by atoms with van der Waals surface area (Å²) >= 11 is 0. The quantitative estimate of drug-likeness (QED) is 0.791. The molecule has 1 rings (SSSR count). The van der Waals surface area contributed by atoms with Gasteiger partial charge in [0.05, 0.1) is 24.0 Å². The van der Waals surface area contributed by atoms with Gasteiger partial charge >= 0.3 is 0 Å². The van der Waals surface area contributed by atoms with Gasteiger partial charge in [0.1, 0.15) is 0 Å². The number of rotatable bonds is 7. The van der Waals surface area contributed by atoms with E-state index in [0.717, 1.165) is 12.1 Å². The molecule has 1 atom stereocenters. The van der Waals surface area contributed by atoms with Crippen molar-refractivity contribution in [2.45, 2.75) is 52.4 Å². The first-order valence-corrected chi connectivity index (χ1v) is 6.88. The Labute approximate surface area is 116 Å². The molecule has 2 N–H and O–H groups in total. The largest absolute Gasteiger partial charge is 0.389 e. The van der Waals surface area contributed by atoms with E-state index in [4.69, 9.17) is 4.74 Å². The van der Waals surface area contributed by atoms with E-state index in [1.807, 2.05) is 26.8 Å². The van der Waals surface area contributed by atoms with Gasteiger partial charge in [-0.05, 0) is 38.8 Å². The number of nitrogens with zero attached hydrogens (tertiary/aromatic N) is 1. The zero-order valence-electron chi connectivity index (χ0n) is 12.4. The molecule has 0 saturated carbocycles. The Hall–Kier alpha value is -0.970. The van der Waals surface area contributed by atoms with E-state index in [0.29, 0.717) is 19.7 Å². The van der Waals surface area contributed by atoms with Crippen LogP contribution in [0.25, 0.3) is 0 Å². The van der Waals surface area contributed by atoms with Gasteiger partial charge in [-0.1, -0.05) is 13.0 Å². The first kappa shape index (κ1) is 16.1. The lowest BCUT2D eigenvalue weighted by Crippen LogP contribution is -2.33. The van der Waals surface area contributed by atoms with E-state index in [1.54, 1.807) is 6.20 Å². The Morgan fingerprint density at radius 1 is 1.42 bits per heavy atom. The number of pyridine rings is 1. The minimum atomic E-state index is -0.493. The minimum Gasteiger partial charge on any atom is -0.389 e. The third-order valence-electron chi connectivity index (χ3n) is 2.75. The minimum absolute atomic E-state index is 0.211. The maximum atomic E-state index is 9.81. The molecule has 4 nitrogen and oxygen atoms in total. The number of hydrogen-bond donors (Lipinski definition) is 2. The van der Waals surface area contributed by atoms with Crippen LogP contribution in [0.3, 0.4) is 0 Å². The molecule has 0 fully saturated rings. The molecule has 0 aliphatic heterocycles. The summed E-state index contributed by atoms with van der Waals surface area (Å²) in [7, 11) is 0. The number of ether oxygens (including phenoxy) is 1. The average Bonchev–Trinajstić information content (AvgIpc) is 2.36. The van der Waals surface area contributed by atoms with Crippen molar-refractivity contribution in [3.63, 3.8) is 0 Å². The van der Waals surface area contributed by atoms with Crippen molar-refractivity contribution >= 4 is 0 Å². The zero-order chi connectivity index (χ0) is 14.3. The highest BCUT2D eigenvalue weighted by molar-refractivity contribution is 5.19. The van der Waals surface area contributed by atoms with Gasteiger partial charge in [-0.25, -0.2) is 0 Å². The SMILES string of the molecule is CCc1cccnc1CNCC(O)COC(C)(C)C. The van der Waals surface area contributed by atoms with Crippen LogP contribution >= 0.6 is 0 Å². The van der Waals surface area contributed by atoms with E-state index >= 15 is 0 Å². The third-order valence-corrected chi connectivity index (χ3v) is 2.75. The van der Waals surface area contributed by atoms with Crippen LogP contribution in [0.2, 0.25) is 0 Å². The molecule has 0 amide bonds. The summed E-state index contributed by atoms with van der Waals surface area (Å²) in [6, 6.07) is 4.04. The van der Waals surface area contributed by atoms with E-state index in [2.05, 4.69) is 23.3 Å². The smallest absolute Gasteiger partial charge is 0.0898 e. The molecule has 0 aliphatic carbocycles. The summed E-state index contributed by atoms with van der Waals surface area (Å²) in [4.78, 5) is 4.36. The molecule has 0 aliphatic rings. The number of aryl methyl sites for hydroxylation is 1. The highest BCUT2D eigenvalue weighted by Crippen LogP contribution is 2.07. The number of nitrogens with one attached hydrogen (secondary N) is 1. The molecule has 0 saturated heterocycles. The van der Waals surface area contributed by atoms with Crippen LogP contribution in [0.15, 0.2) is 18.3 Å². The van der Waals surface area contributed by atoms with Crippen molar-refractivity contribution in [1.29, 1.82) is 0 Å². The lowest BCUT2D eigenvalue weighted by Gasteiger charge is -2.22. The summed E-state index contributed by atoms with van der Waals surface area (Å²) < 4.78 is 5.53. The van der Waals surface area contributed by atoms with Crippen LogP contribution in [-0.4, -0.2) is 34.9 Å². The number of aromatic nitrogens is 1. The fraction of sp³-hybridized carbons (Fsp3) is 0.667. The number of hydrogen-bond acceptors (Lipinski definition) is 4. The molecular weight excluding hydrogens is 240 g/mol. The molecule has 0 bridgehead atoms. The predicted octanol–water partition coefficient (Wildman–Crippen LogP) is 1.91. The summed E-state index contributed by atoms with van der Waals surface area (Å²) in [5.41, 5.74) is 2.08. The molecule has 19 heavy (non-hydrogen) atoms. The van der Waals surface area contributed by atoms with Gasteiger partial charge in [0.15, 0.2) is 0 Å². The Balaban J connectivity index is 2.30. The fourth-order valence-electron chi connectivity index (χ4n) is 1.71. The van der Waals surface area contributed by atoms with Gasteiger partial charge in [-0.3, -0.25) is 4.98 Å². The second-order valence-electron chi connectivity index (χ2n) is 5.67. The van der Waals surface area contributed by atoms with Crippen molar-refractivity contribution in [2.24, 2.45) is 0 Å². The summed E-state index contributed by atoms with van der Waals surface area (Å²) in [5.74, 6) is 0. The van der Waals surface area contributed by atoms with Gasteiger partial charge in [-0.15, -0.1) is 0 Å². The van der Waals surface area contributed by atoms with Gasteiger partial charge in [-0.2, -0.15) is 0 Å². The van der Waals surface area contributed by atoms with E-state index in [-0.39, 0.29) is 5.60 Å². The van der Waals surface area contributed by atoms with Crippen molar-refractivity contribution in [3.05, 3.63) is 29.6 Å². The molecular formula is C15H26N2O2. The summed E-state index contributed by atoms with van der Waals surface area (Å²) in [6.45, 7) is 9.59. The normalized spacial score (nSPS) is 13.5. The van der Waals surface area contributed by atoms with Crippen LogP contribution < -0.4 is 5.32 Å². The van der Waals surface area contributed by atoms with E-state index < -0.39 is 6.10 Å². The number of aliphatic hydroxyl groups is 1. The molecule has 1 unspecified atom stereocenters. The highest BCUT2D eigenvalue weighted by atomic mass is 16.5. The Morgan fingerprint density at radius 3 is 2.79 bits per heavy atom. The predicted molar refractivity (Wildman–Crippen MR) is 77.0 cm³/mol. The van der Waals surface area contributed by atoms with E-state index in [1.165, 1.54) is 5.56 Å². The lowest BCUT2D eigenvalue weighted by atomic mass is 10.1. The van der Waals surface area contributed by atoms with Crippen LogP contribution in [0.1, 0.15) is 39.0 Å². The molecule has 0 aromatic carbocycles. The van der Waals surface area contributed by atoms with Crippen LogP contribution in [0, 0.1) is 0 Å². The van der Waals surface area contributed by atoms with Crippen molar-refractivity contribution < 1.29 is 9.84 Å². The van der Waals surface area contributed by atoms with Crippen molar-refractivity contribution in [3.8, 4) is 0 Å². The van der Waals surface area contributed by atoms with Crippen LogP contribution in [0.5, 0.6) is 0 Å². The molecule has 108 valence electrons. The Morgan fingerprint density at radius 2 is 2.16 bits per heavy atom. The van der Waals surface area contributed by atoms with Crippen LogP contribution in [-0.2, 0) is 17.7 Å². The maximum Gasteiger partial charge on any atom is 0.0898 e. The monoisotopic (exact) mass is 266 g/mol. The fourth-order valence-corrected chi connectivity index (χ4v) is 1.71. The zero-order valence-corrected chi connectivity index (χ0v) is 12.4. The molecule has 0 spiro atoms. The Kier molecular flexibility index (Phi) is 6.42. The third kappa shape index (κ3) is 6.66. The molecule has 1 heterocycles. The second kappa shape index (κ2) is 7.58. The standard InChI is InChI=1S/C15H26N2O2/c1-5-12-7-6-8-17-14(12)10-16-9-13(18)11-19-15(2,3)4/h6-8,13,16,18H,5,9-11H2,1-4H3. The van der Waals surface area contributed by atoms with Gasteiger partial charge in [0, 0.05) is 19.3 Å². The highest BCUT2D eigenvalue weighted by Gasteiger charge is 2.13. The maximum absolute atomic E-state index is 9.81. The van der Waals surface area contributed by atoms with Gasteiger partial charge in [0.25, 0.3) is 0 Å². The summed E-state index contributed by atoms with van der Waals surface area (Å²) in [5, 5.41) is 13.0.